The van der Waals surface area contributed by atoms with Crippen LogP contribution in [0.4, 0.5) is 10.1 Å². The van der Waals surface area contributed by atoms with E-state index in [-0.39, 0.29) is 23.7 Å². The second-order valence-corrected chi connectivity index (χ2v) is 10.7. The van der Waals surface area contributed by atoms with Crippen LogP contribution in [0.2, 0.25) is 0 Å². The zero-order chi connectivity index (χ0) is 32.9. The lowest BCUT2D eigenvalue weighted by Crippen LogP contribution is -2.23. The molecule has 6 aromatic rings. The fraction of sp³-hybridized carbons (Fsp3) is 0.0811. The Morgan fingerprint density at radius 3 is 2.21 bits per heavy atom. The van der Waals surface area contributed by atoms with Gasteiger partial charge >= 0.3 is 0 Å². The Hall–Kier alpha value is -6.47. The highest BCUT2D eigenvalue weighted by molar-refractivity contribution is 6.10. The fourth-order valence-corrected chi connectivity index (χ4v) is 5.08. The molecule has 0 saturated heterocycles. The van der Waals surface area contributed by atoms with Crippen molar-refractivity contribution in [2.24, 2.45) is 7.05 Å². The minimum Gasteiger partial charge on any atom is -0.489 e. The molecule has 6 rings (SSSR count). The van der Waals surface area contributed by atoms with Crippen molar-refractivity contribution in [3.05, 3.63) is 154 Å². The Balaban J connectivity index is 1.31. The van der Waals surface area contributed by atoms with Gasteiger partial charge in [0.1, 0.15) is 35.5 Å². The summed E-state index contributed by atoms with van der Waals surface area (Å²) >= 11 is 0. The van der Waals surface area contributed by atoms with Gasteiger partial charge in [0.25, 0.3) is 11.5 Å². The molecule has 2 heterocycles. The van der Waals surface area contributed by atoms with E-state index in [4.69, 9.17) is 9.84 Å². The van der Waals surface area contributed by atoms with Gasteiger partial charge in [-0.3, -0.25) is 14.3 Å². The number of benzene rings is 4. The number of para-hydroxylation sites is 2. The average molecular weight is 625 g/mol. The Kier molecular flexibility index (Phi) is 8.62. The van der Waals surface area contributed by atoms with Gasteiger partial charge < -0.3 is 10.1 Å². The lowest BCUT2D eigenvalue weighted by atomic mass is 10.1. The Bertz CT molecular complexity index is 2170. The number of ether oxygens (including phenoxy) is 1. The fourth-order valence-electron chi connectivity index (χ4n) is 5.08. The maximum Gasteiger partial charge on any atom is 0.295 e. The third-order valence-electron chi connectivity index (χ3n) is 7.67. The normalized spacial score (nSPS) is 11.2. The molecule has 0 aliphatic rings. The monoisotopic (exact) mass is 624 g/mol. The number of carbonyl (C=O) groups excluding carboxylic acids is 1. The number of hydrogen-bond acceptors (Lipinski definition) is 5. The molecule has 232 valence electrons. The molecular weight excluding hydrogens is 595 g/mol. The topological polar surface area (TPSA) is 107 Å². The molecule has 47 heavy (non-hydrogen) atoms. The van der Waals surface area contributed by atoms with Gasteiger partial charge in [0.15, 0.2) is 0 Å². The summed E-state index contributed by atoms with van der Waals surface area (Å²) in [5.74, 6) is -0.424. The van der Waals surface area contributed by atoms with E-state index in [1.54, 1.807) is 65.9 Å². The molecule has 0 saturated carbocycles. The van der Waals surface area contributed by atoms with Crippen molar-refractivity contribution in [3.8, 4) is 34.5 Å². The third kappa shape index (κ3) is 6.50. The van der Waals surface area contributed by atoms with Crippen molar-refractivity contribution >= 4 is 17.7 Å². The second-order valence-electron chi connectivity index (χ2n) is 10.7. The minimum absolute atomic E-state index is 0.0823. The lowest BCUT2D eigenvalue weighted by molar-refractivity contribution is -0.112. The van der Waals surface area contributed by atoms with Gasteiger partial charge in [0, 0.05) is 24.4 Å². The average Bonchev–Trinajstić information content (AvgIpc) is 3.62. The molecule has 1 amide bonds. The summed E-state index contributed by atoms with van der Waals surface area (Å²) in [7, 11) is 1.73. The Morgan fingerprint density at radius 2 is 1.57 bits per heavy atom. The number of hydrogen-bond donors (Lipinski definition) is 1. The summed E-state index contributed by atoms with van der Waals surface area (Å²) in [5, 5.41) is 17.5. The van der Waals surface area contributed by atoms with Crippen molar-refractivity contribution in [1.29, 1.82) is 5.26 Å². The van der Waals surface area contributed by atoms with Crippen molar-refractivity contribution < 1.29 is 13.9 Å². The molecule has 0 fully saturated rings. The highest BCUT2D eigenvalue weighted by Crippen LogP contribution is 2.28. The molecule has 2 aromatic heterocycles. The largest absolute Gasteiger partial charge is 0.489 e. The maximum atomic E-state index is 13.5. The molecule has 0 aliphatic heterocycles. The molecule has 0 bridgehead atoms. The van der Waals surface area contributed by atoms with Gasteiger partial charge in [0.05, 0.1) is 22.8 Å². The first-order valence-corrected chi connectivity index (χ1v) is 14.7. The van der Waals surface area contributed by atoms with Gasteiger partial charge in [-0.15, -0.1) is 0 Å². The molecule has 0 spiro atoms. The van der Waals surface area contributed by atoms with Gasteiger partial charge in [-0.25, -0.2) is 13.8 Å². The van der Waals surface area contributed by atoms with E-state index in [1.165, 1.54) is 22.9 Å². The number of aromatic nitrogens is 4. The first-order chi connectivity index (χ1) is 22.8. The molecule has 0 aliphatic carbocycles. The smallest absolute Gasteiger partial charge is 0.295 e. The van der Waals surface area contributed by atoms with Crippen molar-refractivity contribution in [2.75, 3.05) is 5.32 Å². The van der Waals surface area contributed by atoms with Crippen LogP contribution < -0.4 is 15.6 Å². The molecule has 0 atom stereocenters. The maximum absolute atomic E-state index is 13.5. The summed E-state index contributed by atoms with van der Waals surface area (Å²) in [6.45, 7) is 2.00. The summed E-state index contributed by atoms with van der Waals surface area (Å²) in [6.07, 6.45) is 3.20. The van der Waals surface area contributed by atoms with E-state index in [2.05, 4.69) is 5.32 Å². The lowest BCUT2D eigenvalue weighted by Gasteiger charge is -2.07. The van der Waals surface area contributed by atoms with E-state index in [9.17, 15) is 19.2 Å². The molecular formula is C37H29FN6O3. The number of halogens is 1. The number of anilines is 1. The summed E-state index contributed by atoms with van der Waals surface area (Å²) in [5.41, 5.74) is 4.03. The summed E-state index contributed by atoms with van der Waals surface area (Å²) in [4.78, 5) is 26.8. The minimum atomic E-state index is -0.721. The number of amides is 1. The zero-order valence-corrected chi connectivity index (χ0v) is 25.6. The third-order valence-corrected chi connectivity index (χ3v) is 7.67. The predicted molar refractivity (Wildman–Crippen MR) is 178 cm³/mol. The van der Waals surface area contributed by atoms with E-state index < -0.39 is 11.5 Å². The number of rotatable bonds is 9. The number of nitrogens with one attached hydrogen (secondary N) is 1. The Labute approximate surface area is 270 Å². The molecule has 9 nitrogen and oxygen atoms in total. The molecule has 0 radical (unpaired) electrons. The van der Waals surface area contributed by atoms with Gasteiger partial charge in [0.2, 0.25) is 0 Å². The molecule has 0 unspecified atom stereocenters. The van der Waals surface area contributed by atoms with Gasteiger partial charge in [-0.2, -0.15) is 10.4 Å². The van der Waals surface area contributed by atoms with Crippen LogP contribution in [0.15, 0.2) is 126 Å². The van der Waals surface area contributed by atoms with E-state index in [1.807, 2.05) is 66.7 Å². The standard InChI is InChI=1S/C37H29FN6O3/c1-25-34(37(46)44(42(25)2)32-11-7-4-8-12-32)40-36(45)28(22-39)21-29-23-43(31-9-5-3-6-10-31)41-35(29)27-15-19-33(20-16-27)47-24-26-13-17-30(38)18-14-26/h3-21,23H,24H2,1-2H3,(H,40,45)/b28-21-. The predicted octanol–water partition coefficient (Wildman–Crippen LogP) is 6.60. The van der Waals surface area contributed by atoms with Crippen LogP contribution in [0.3, 0.4) is 0 Å². The van der Waals surface area contributed by atoms with Crippen LogP contribution in [0, 0.1) is 24.1 Å². The van der Waals surface area contributed by atoms with Crippen LogP contribution in [0.5, 0.6) is 5.75 Å². The van der Waals surface area contributed by atoms with Crippen LogP contribution in [-0.4, -0.2) is 25.1 Å². The zero-order valence-electron chi connectivity index (χ0n) is 25.6. The molecule has 10 heteroatoms. The Morgan fingerprint density at radius 1 is 0.936 bits per heavy atom. The SMILES string of the molecule is Cc1c(NC(=O)/C(C#N)=C\c2cn(-c3ccccc3)nc2-c2ccc(OCc3ccc(F)cc3)cc2)c(=O)n(-c2ccccc2)n1C. The number of carbonyl (C=O) groups is 1. The van der Waals surface area contributed by atoms with Gasteiger partial charge in [-0.1, -0.05) is 48.5 Å². The quantitative estimate of drug-likeness (QED) is 0.144. The first-order valence-electron chi connectivity index (χ1n) is 14.7. The summed E-state index contributed by atoms with van der Waals surface area (Å²) < 4.78 is 23.9. The van der Waals surface area contributed by atoms with Crippen molar-refractivity contribution in [2.45, 2.75) is 13.5 Å². The highest BCUT2D eigenvalue weighted by Gasteiger charge is 2.21. The van der Waals surface area contributed by atoms with E-state index in [0.29, 0.717) is 28.4 Å². The van der Waals surface area contributed by atoms with Crippen molar-refractivity contribution in [3.63, 3.8) is 0 Å². The molecule has 4 aromatic carbocycles. The van der Waals surface area contributed by atoms with Crippen LogP contribution in [0.1, 0.15) is 16.8 Å². The van der Waals surface area contributed by atoms with Crippen LogP contribution >= 0.6 is 0 Å². The van der Waals surface area contributed by atoms with Gasteiger partial charge in [-0.05, 0) is 79.2 Å². The molecule has 1 N–H and O–H groups in total. The van der Waals surface area contributed by atoms with Crippen LogP contribution in [0.25, 0.3) is 28.7 Å². The first kappa shape index (κ1) is 30.6. The van der Waals surface area contributed by atoms with Crippen molar-refractivity contribution in [1.82, 2.24) is 19.1 Å². The van der Waals surface area contributed by atoms with E-state index >= 15 is 0 Å². The van der Waals surface area contributed by atoms with Crippen LogP contribution in [-0.2, 0) is 18.4 Å². The second kappa shape index (κ2) is 13.3. The number of nitrogens with zero attached hydrogens (tertiary/aromatic N) is 5. The number of nitriles is 1. The summed E-state index contributed by atoms with van der Waals surface area (Å²) in [6, 6.07) is 33.9. The van der Waals surface area contributed by atoms with E-state index in [0.717, 1.165) is 16.8 Å². The highest BCUT2D eigenvalue weighted by atomic mass is 19.1.